The number of rotatable bonds is 4. The number of ether oxygens (including phenoxy) is 7. The number of carbonyl (C=O) groups is 7. The van der Waals surface area contributed by atoms with Gasteiger partial charge in [-0.1, -0.05) is 0 Å². The van der Waals surface area contributed by atoms with Gasteiger partial charge in [0.05, 0.1) is 34.6 Å². The zero-order valence-electron chi connectivity index (χ0n) is 33.4. The van der Waals surface area contributed by atoms with Gasteiger partial charge in [0.15, 0.2) is 70.1 Å². The van der Waals surface area contributed by atoms with E-state index in [1.165, 1.54) is 0 Å². The Balaban J connectivity index is 1.39. The lowest BCUT2D eigenvalue weighted by atomic mass is 9.76. The molecule has 4 aliphatic rings. The average Bonchev–Trinajstić information content (AvgIpc) is 3.28. The zero-order chi connectivity index (χ0) is 49.5. The van der Waals surface area contributed by atoms with E-state index in [0.717, 1.165) is 0 Å². The maximum atomic E-state index is 14.6. The number of fused-ring (bicyclic) bond motifs is 3. The Morgan fingerprint density at radius 1 is 0.588 bits per heavy atom. The Kier molecular flexibility index (Phi) is 11.0. The van der Waals surface area contributed by atoms with E-state index in [1.807, 2.05) is 0 Å². The first-order chi connectivity index (χ1) is 32.0. The van der Waals surface area contributed by atoms with E-state index in [1.54, 1.807) is 0 Å². The van der Waals surface area contributed by atoms with Crippen LogP contribution >= 0.6 is 0 Å². The summed E-state index contributed by atoms with van der Waals surface area (Å²) in [5.41, 5.74) is -7.08. The molecule has 1 saturated heterocycles. The van der Waals surface area contributed by atoms with Crippen LogP contribution < -0.4 is 4.74 Å². The number of carbonyl (C=O) groups excluding carboxylic acids is 6. The number of phenolic OH excluding ortho intramolecular Hbond substituents is 11. The van der Waals surface area contributed by atoms with Gasteiger partial charge in [-0.15, -0.1) is 0 Å². The SMILES string of the molecule is O=C(O)C[C@@H]1C(=O)O[C@H]2[C@H]3OC(=O)c4cc(O)c(O)c(O)c4-c4c(cc(O)c(O)c4O)C(=O)OC[C@H]2O[C@H](OC(=O)c2cc(O)c(O)c(O)c2)[C@@H]3OC(=O)c2cc(O)c(O)c3c2[C@H]1[C@H](O)C(=O)O3. The molecule has 8 atom stereocenters. The number of carboxylic acid groups (broad SMARTS) is 1. The Labute approximate surface area is 374 Å². The van der Waals surface area contributed by atoms with E-state index < -0.39 is 211 Å². The first kappa shape index (κ1) is 45.5. The second kappa shape index (κ2) is 16.4. The van der Waals surface area contributed by atoms with E-state index in [-0.39, 0.29) is 0 Å². The minimum Gasteiger partial charge on any atom is -0.504 e. The minimum atomic E-state index is -2.58. The molecule has 4 aromatic rings. The highest BCUT2D eigenvalue weighted by Crippen LogP contribution is 2.54. The number of phenols is 11. The topological polar surface area (TPSA) is 447 Å². The number of aliphatic carboxylic acids is 1. The van der Waals surface area contributed by atoms with Gasteiger partial charge in [0.25, 0.3) is 0 Å². The number of esters is 6. The van der Waals surface area contributed by atoms with Crippen molar-refractivity contribution in [2.75, 3.05) is 6.61 Å². The number of cyclic esters (lactones) is 1. The van der Waals surface area contributed by atoms with Gasteiger partial charge >= 0.3 is 41.8 Å². The fourth-order valence-corrected chi connectivity index (χ4v) is 8.04. The number of aliphatic hydroxyl groups excluding tert-OH is 1. The van der Waals surface area contributed by atoms with Crippen LogP contribution in [0.2, 0.25) is 0 Å². The van der Waals surface area contributed by atoms with E-state index in [9.17, 15) is 99.9 Å². The molecule has 68 heavy (non-hydrogen) atoms. The van der Waals surface area contributed by atoms with Gasteiger partial charge in [-0.25, -0.2) is 24.0 Å². The molecule has 4 heterocycles. The molecular weight excluding hydrogens is 924 g/mol. The van der Waals surface area contributed by atoms with Gasteiger partial charge in [-0.2, -0.15) is 0 Å². The third-order valence-corrected chi connectivity index (χ3v) is 11.2. The van der Waals surface area contributed by atoms with Gasteiger partial charge in [-0.05, 0) is 30.3 Å². The van der Waals surface area contributed by atoms with Crippen molar-refractivity contribution in [2.24, 2.45) is 5.92 Å². The van der Waals surface area contributed by atoms with E-state index in [0.29, 0.717) is 30.3 Å². The molecule has 4 bridgehead atoms. The first-order valence-electron chi connectivity index (χ1n) is 19.2. The van der Waals surface area contributed by atoms with Crippen LogP contribution in [0.15, 0.2) is 30.3 Å². The molecule has 0 unspecified atom stereocenters. The van der Waals surface area contributed by atoms with Crippen molar-refractivity contribution >= 4 is 41.8 Å². The molecule has 4 aromatic carbocycles. The lowest BCUT2D eigenvalue weighted by molar-refractivity contribution is -0.287. The molecule has 27 heteroatoms. The van der Waals surface area contributed by atoms with Crippen molar-refractivity contribution in [3.05, 3.63) is 58.1 Å². The number of benzene rings is 4. The summed E-state index contributed by atoms with van der Waals surface area (Å²) >= 11 is 0. The van der Waals surface area contributed by atoms with Crippen LogP contribution in [0.1, 0.15) is 59.3 Å². The number of hydrogen-bond acceptors (Lipinski definition) is 26. The predicted molar refractivity (Wildman–Crippen MR) is 206 cm³/mol. The van der Waals surface area contributed by atoms with Crippen LogP contribution in [0, 0.1) is 5.92 Å². The molecule has 0 saturated carbocycles. The quantitative estimate of drug-likeness (QED) is 0.0554. The van der Waals surface area contributed by atoms with Crippen LogP contribution in [-0.4, -0.2) is 152 Å². The molecule has 1 fully saturated rings. The van der Waals surface area contributed by atoms with E-state index >= 15 is 0 Å². The maximum absolute atomic E-state index is 14.6. The summed E-state index contributed by atoms with van der Waals surface area (Å²) < 4.78 is 38.8. The summed E-state index contributed by atoms with van der Waals surface area (Å²) in [5.74, 6) is -32.0. The third kappa shape index (κ3) is 7.31. The predicted octanol–water partition coefficient (Wildman–Crippen LogP) is -0.00170. The van der Waals surface area contributed by atoms with Crippen molar-refractivity contribution in [1.29, 1.82) is 0 Å². The number of aromatic hydroxyl groups is 11. The van der Waals surface area contributed by atoms with Gasteiger partial charge in [0, 0.05) is 22.6 Å². The van der Waals surface area contributed by atoms with Gasteiger partial charge in [0.2, 0.25) is 29.6 Å². The Hall–Kier alpha value is -9.11. The normalized spacial score (nSPS) is 24.3. The molecule has 0 radical (unpaired) electrons. The van der Waals surface area contributed by atoms with Crippen LogP contribution in [0.3, 0.4) is 0 Å². The molecule has 0 spiro atoms. The zero-order valence-corrected chi connectivity index (χ0v) is 33.4. The van der Waals surface area contributed by atoms with E-state index in [4.69, 9.17) is 33.2 Å². The molecule has 8 rings (SSSR count). The largest absolute Gasteiger partial charge is 0.504 e. The monoisotopic (exact) mass is 954 g/mol. The summed E-state index contributed by atoms with van der Waals surface area (Å²) in [6.07, 6.45) is -16.3. The Morgan fingerprint density at radius 3 is 1.69 bits per heavy atom. The van der Waals surface area contributed by atoms with Crippen LogP contribution in [0.4, 0.5) is 0 Å². The third-order valence-electron chi connectivity index (χ3n) is 11.2. The van der Waals surface area contributed by atoms with Crippen molar-refractivity contribution in [1.82, 2.24) is 0 Å². The average molecular weight is 955 g/mol. The van der Waals surface area contributed by atoms with Gasteiger partial charge in [-0.3, -0.25) is 9.59 Å². The molecule has 4 aliphatic heterocycles. The lowest BCUT2D eigenvalue weighted by Gasteiger charge is -2.44. The summed E-state index contributed by atoms with van der Waals surface area (Å²) in [7, 11) is 0. The van der Waals surface area contributed by atoms with Crippen molar-refractivity contribution in [3.8, 4) is 80.1 Å². The van der Waals surface area contributed by atoms with E-state index in [2.05, 4.69) is 0 Å². The van der Waals surface area contributed by atoms with Gasteiger partial charge < -0.3 is 99.5 Å². The van der Waals surface area contributed by atoms with Crippen molar-refractivity contribution in [3.63, 3.8) is 0 Å². The highest BCUT2D eigenvalue weighted by molar-refractivity contribution is 6.08. The number of aliphatic hydroxyl groups is 1. The molecule has 0 amide bonds. The standard InChI is InChI=1S/C41H30O27/c42-13-1-8(2-14(43)24(13)49)35(56)68-41-34-33-31(64-39(60)12(6-19(47)48)22-23-11(38(59)67-34)5-17(46)27(52)32(23)65-40(61)30(22)55)18(63-41)7-62-36(57)9-3-15(44)25(50)28(53)20(9)21-10(37(58)66-33)4-16(45)26(51)29(21)54/h1-5,12,18,22,30-31,33-34,41-46,49-55H,6-7H2,(H,47,48)/t12-,18+,22-,30-,31+,33+,34+,41+/m0/s1. The summed E-state index contributed by atoms with van der Waals surface area (Å²) in [5, 5.41) is 137. The second-order valence-electron chi connectivity index (χ2n) is 15.2. The van der Waals surface area contributed by atoms with Crippen LogP contribution in [0.25, 0.3) is 11.1 Å². The molecule has 13 N–H and O–H groups in total. The van der Waals surface area contributed by atoms with Crippen molar-refractivity contribution < 1.29 is 133 Å². The number of hydrogen-bond donors (Lipinski definition) is 13. The van der Waals surface area contributed by atoms with Crippen LogP contribution in [-0.2, 0) is 42.8 Å². The fraction of sp³-hybridized carbons (Fsp3) is 0.244. The summed E-state index contributed by atoms with van der Waals surface area (Å²) in [6, 6.07) is 2.36. The first-order valence-corrected chi connectivity index (χ1v) is 19.2. The fourth-order valence-electron chi connectivity index (χ4n) is 8.04. The molecule has 356 valence electrons. The summed E-state index contributed by atoms with van der Waals surface area (Å²) in [4.78, 5) is 96.8. The van der Waals surface area contributed by atoms with Crippen molar-refractivity contribution in [2.45, 2.75) is 49.1 Å². The highest BCUT2D eigenvalue weighted by Gasteiger charge is 2.58. The Morgan fingerprint density at radius 2 is 1.10 bits per heavy atom. The number of carboxylic acids is 1. The molecule has 0 aromatic heterocycles. The molecular formula is C41H30O27. The molecule has 27 nitrogen and oxygen atoms in total. The maximum Gasteiger partial charge on any atom is 0.341 e. The minimum absolute atomic E-state index is 0.361. The second-order valence-corrected chi connectivity index (χ2v) is 15.2. The summed E-state index contributed by atoms with van der Waals surface area (Å²) in [6.45, 7) is -1.31. The van der Waals surface area contributed by atoms with Gasteiger partial charge in [0.1, 0.15) is 12.7 Å². The Bertz CT molecular complexity index is 2900. The van der Waals surface area contributed by atoms with Crippen LogP contribution in [0.5, 0.6) is 69.0 Å². The molecule has 0 aliphatic carbocycles. The smallest absolute Gasteiger partial charge is 0.341 e. The lowest BCUT2D eigenvalue weighted by Crippen LogP contribution is -2.63. The highest BCUT2D eigenvalue weighted by atomic mass is 16.7.